The van der Waals surface area contributed by atoms with E-state index < -0.39 is 22.3 Å². The van der Waals surface area contributed by atoms with Crippen LogP contribution in [0.4, 0.5) is 4.39 Å². The van der Waals surface area contributed by atoms with Crippen molar-refractivity contribution in [1.82, 2.24) is 0 Å². The Morgan fingerprint density at radius 3 is 2.65 bits per heavy atom. The lowest BCUT2D eigenvalue weighted by molar-refractivity contribution is -0.121. The van der Waals surface area contributed by atoms with Crippen molar-refractivity contribution >= 4 is 15.6 Å². The molecule has 1 N–H and O–H groups in total. The number of aliphatic hydroxyl groups excluding tert-OH is 1. The second kappa shape index (κ2) is 7.68. The Kier molecular flexibility index (Phi) is 5.53. The van der Waals surface area contributed by atoms with Crippen LogP contribution in [0.25, 0.3) is 0 Å². The number of aryl methyl sites for hydroxylation is 1. The van der Waals surface area contributed by atoms with Crippen LogP contribution in [-0.4, -0.2) is 25.9 Å². The molecule has 0 saturated heterocycles. The summed E-state index contributed by atoms with van der Waals surface area (Å²) >= 11 is 0. The summed E-state index contributed by atoms with van der Waals surface area (Å²) in [5, 5.41) is 8.87. The van der Waals surface area contributed by atoms with E-state index in [9.17, 15) is 17.6 Å². The van der Waals surface area contributed by atoms with Crippen molar-refractivity contribution in [2.45, 2.75) is 47.8 Å². The third kappa shape index (κ3) is 3.86. The molecular formula is C20H21FO4S. The lowest BCUT2D eigenvalue weighted by Gasteiger charge is -2.26. The van der Waals surface area contributed by atoms with E-state index in [2.05, 4.69) is 0 Å². The number of carbonyl (C=O) groups excluding carboxylic acids is 1. The Bertz CT molecular complexity index is 921. The molecule has 6 heteroatoms. The topological polar surface area (TPSA) is 71.4 Å². The largest absolute Gasteiger partial charge is 0.389 e. The highest BCUT2D eigenvalue weighted by Gasteiger charge is 2.24. The van der Waals surface area contributed by atoms with Gasteiger partial charge in [0.1, 0.15) is 12.4 Å². The molecule has 0 radical (unpaired) electrons. The Morgan fingerprint density at radius 1 is 1.15 bits per heavy atom. The van der Waals surface area contributed by atoms with Crippen LogP contribution >= 0.6 is 0 Å². The van der Waals surface area contributed by atoms with E-state index in [1.807, 2.05) is 6.07 Å². The smallest absolute Gasteiger partial charge is 0.206 e. The molecule has 2 aromatic carbocycles. The van der Waals surface area contributed by atoms with Crippen LogP contribution in [0.15, 0.2) is 52.3 Å². The Balaban J connectivity index is 1.90. The monoisotopic (exact) mass is 376 g/mol. The quantitative estimate of drug-likeness (QED) is 0.839. The van der Waals surface area contributed by atoms with Crippen LogP contribution in [-0.2, 0) is 21.1 Å². The molecule has 0 fully saturated rings. The fourth-order valence-electron chi connectivity index (χ4n) is 3.54. The lowest BCUT2D eigenvalue weighted by atomic mass is 9.80. The van der Waals surface area contributed by atoms with Gasteiger partial charge in [0.2, 0.25) is 9.84 Å². The van der Waals surface area contributed by atoms with Crippen molar-refractivity contribution in [1.29, 1.82) is 0 Å². The van der Waals surface area contributed by atoms with Crippen molar-refractivity contribution < 1.29 is 22.7 Å². The first kappa shape index (κ1) is 18.7. The minimum atomic E-state index is -3.77. The van der Waals surface area contributed by atoms with Gasteiger partial charge in [0.25, 0.3) is 0 Å². The molecule has 0 spiro atoms. The average Bonchev–Trinajstić information content (AvgIpc) is 2.65. The van der Waals surface area contributed by atoms with Gasteiger partial charge >= 0.3 is 0 Å². The molecular weight excluding hydrogens is 355 g/mol. The molecule has 0 aromatic heterocycles. The number of rotatable bonds is 6. The third-order valence-electron chi connectivity index (χ3n) is 4.92. The van der Waals surface area contributed by atoms with Gasteiger partial charge in [-0.15, -0.1) is 0 Å². The van der Waals surface area contributed by atoms with Gasteiger partial charge in [0.05, 0.1) is 9.79 Å². The summed E-state index contributed by atoms with van der Waals surface area (Å²) in [6.45, 7) is -0.440. The summed E-state index contributed by atoms with van der Waals surface area (Å²) in [6, 6.07) is 10.1. The zero-order valence-electron chi connectivity index (χ0n) is 14.3. The summed E-state index contributed by atoms with van der Waals surface area (Å²) in [5.41, 5.74) is 2.04. The highest BCUT2D eigenvalue weighted by molar-refractivity contribution is 7.91. The van der Waals surface area contributed by atoms with E-state index in [0.717, 1.165) is 36.5 Å². The standard InChI is InChI=1S/C20H21FO4S/c21-16-5-2-6-18(12-16)26(24,25)19-9-10-20-14(7-8-17(23)13-22)3-1-4-15(20)11-19/h2,5-6,9-12,14,22H,1,3-4,7-8,13H2/t14-/m0/s1. The number of Topliss-reactive ketones (excluding diaryl/α,β-unsaturated/α-hetero) is 1. The molecule has 0 saturated carbocycles. The molecule has 0 aliphatic heterocycles. The zero-order valence-corrected chi connectivity index (χ0v) is 15.1. The molecule has 0 amide bonds. The number of benzene rings is 2. The highest BCUT2D eigenvalue weighted by Crippen LogP contribution is 2.36. The van der Waals surface area contributed by atoms with Gasteiger partial charge in [0, 0.05) is 6.42 Å². The number of fused-ring (bicyclic) bond motifs is 1. The number of carbonyl (C=O) groups is 1. The molecule has 0 unspecified atom stereocenters. The summed E-state index contributed by atoms with van der Waals surface area (Å²) in [4.78, 5) is 11.5. The van der Waals surface area contributed by atoms with E-state index in [1.165, 1.54) is 18.2 Å². The molecule has 0 heterocycles. The SMILES string of the molecule is O=C(CO)CC[C@@H]1CCCc2cc(S(=O)(=O)c3cccc(F)c3)ccc21. The van der Waals surface area contributed by atoms with Crippen LogP contribution in [0.3, 0.4) is 0 Å². The average molecular weight is 376 g/mol. The Morgan fingerprint density at radius 2 is 1.92 bits per heavy atom. The Labute approximate surface area is 152 Å². The van der Waals surface area contributed by atoms with Gasteiger partial charge in [0.15, 0.2) is 5.78 Å². The van der Waals surface area contributed by atoms with Crippen LogP contribution in [0, 0.1) is 5.82 Å². The number of hydrogen-bond acceptors (Lipinski definition) is 4. The molecule has 2 aromatic rings. The van der Waals surface area contributed by atoms with Crippen molar-refractivity contribution in [3.05, 3.63) is 59.4 Å². The predicted molar refractivity (Wildman–Crippen MR) is 95.3 cm³/mol. The second-order valence-electron chi connectivity index (χ2n) is 6.65. The van der Waals surface area contributed by atoms with Crippen LogP contribution in [0.1, 0.15) is 42.7 Å². The normalized spacial score (nSPS) is 16.9. The van der Waals surface area contributed by atoms with Crippen LogP contribution in [0.5, 0.6) is 0 Å². The van der Waals surface area contributed by atoms with Gasteiger partial charge in [-0.1, -0.05) is 12.1 Å². The van der Waals surface area contributed by atoms with E-state index in [-0.39, 0.29) is 21.5 Å². The van der Waals surface area contributed by atoms with Crippen molar-refractivity contribution in [3.63, 3.8) is 0 Å². The molecule has 1 aliphatic rings. The second-order valence-corrected chi connectivity index (χ2v) is 8.60. The summed E-state index contributed by atoms with van der Waals surface area (Å²) in [7, 11) is -3.77. The maximum Gasteiger partial charge on any atom is 0.206 e. The maximum absolute atomic E-state index is 13.4. The molecule has 4 nitrogen and oxygen atoms in total. The van der Waals surface area contributed by atoms with Gasteiger partial charge in [-0.05, 0) is 73.1 Å². The first-order chi connectivity index (χ1) is 12.4. The summed E-state index contributed by atoms with van der Waals surface area (Å²) in [6.07, 6.45) is 3.63. The molecule has 1 atom stereocenters. The minimum absolute atomic E-state index is 0.0571. The van der Waals surface area contributed by atoms with E-state index in [1.54, 1.807) is 12.1 Å². The summed E-state index contributed by atoms with van der Waals surface area (Å²) < 4.78 is 38.9. The maximum atomic E-state index is 13.4. The Hall–Kier alpha value is -2.05. The molecule has 26 heavy (non-hydrogen) atoms. The highest BCUT2D eigenvalue weighted by atomic mass is 32.2. The number of hydrogen-bond donors (Lipinski definition) is 1. The van der Waals surface area contributed by atoms with Crippen molar-refractivity contribution in [3.8, 4) is 0 Å². The fraction of sp³-hybridized carbons (Fsp3) is 0.350. The number of halogens is 1. The third-order valence-corrected chi connectivity index (χ3v) is 6.67. The van der Waals surface area contributed by atoms with Crippen LogP contribution < -0.4 is 0 Å². The molecule has 138 valence electrons. The molecule has 0 bridgehead atoms. The number of ketones is 1. The molecule has 1 aliphatic carbocycles. The fourth-order valence-corrected chi connectivity index (χ4v) is 4.89. The van der Waals surface area contributed by atoms with Crippen molar-refractivity contribution in [2.24, 2.45) is 0 Å². The van der Waals surface area contributed by atoms with E-state index >= 15 is 0 Å². The first-order valence-corrected chi connectivity index (χ1v) is 10.2. The van der Waals surface area contributed by atoms with E-state index in [4.69, 9.17) is 5.11 Å². The first-order valence-electron chi connectivity index (χ1n) is 8.68. The minimum Gasteiger partial charge on any atom is -0.389 e. The summed E-state index contributed by atoms with van der Waals surface area (Å²) in [5.74, 6) is -0.569. The van der Waals surface area contributed by atoms with Crippen molar-refractivity contribution in [2.75, 3.05) is 6.61 Å². The molecule has 3 rings (SSSR count). The number of aliphatic hydroxyl groups is 1. The van der Waals surface area contributed by atoms with E-state index in [0.29, 0.717) is 12.8 Å². The van der Waals surface area contributed by atoms with Gasteiger partial charge in [-0.25, -0.2) is 12.8 Å². The zero-order chi connectivity index (χ0) is 18.7. The number of sulfone groups is 1. The van der Waals surface area contributed by atoms with Gasteiger partial charge < -0.3 is 5.11 Å². The van der Waals surface area contributed by atoms with Crippen LogP contribution in [0.2, 0.25) is 0 Å². The van der Waals surface area contributed by atoms with Gasteiger partial charge in [-0.2, -0.15) is 0 Å². The van der Waals surface area contributed by atoms with Gasteiger partial charge in [-0.3, -0.25) is 4.79 Å². The predicted octanol–water partition coefficient (Wildman–Crippen LogP) is 3.42. The lowest BCUT2D eigenvalue weighted by Crippen LogP contribution is -2.14.